The molecular weight excluding hydrogens is 373 g/mol. The molecule has 0 aliphatic carbocycles. The van der Waals surface area contributed by atoms with Crippen LogP contribution in [0.1, 0.15) is 26.3 Å². The van der Waals surface area contributed by atoms with Crippen LogP contribution in [-0.2, 0) is 16.6 Å². The molecule has 22 heavy (non-hydrogen) atoms. The second-order valence-corrected chi connectivity index (χ2v) is 8.83. The summed E-state index contributed by atoms with van der Waals surface area (Å²) in [7, 11) is -3.61. The molecule has 0 saturated carbocycles. The van der Waals surface area contributed by atoms with Crippen molar-refractivity contribution >= 4 is 31.9 Å². The van der Waals surface area contributed by atoms with Crippen molar-refractivity contribution in [3.8, 4) is 0 Å². The van der Waals surface area contributed by atoms with Crippen molar-refractivity contribution in [2.75, 3.05) is 5.75 Å². The normalized spacial score (nSPS) is 24.5. The lowest BCUT2D eigenvalue weighted by atomic mass is 9.91. The van der Waals surface area contributed by atoms with Crippen LogP contribution in [0.25, 0.3) is 0 Å². The molecule has 0 fully saturated rings. The van der Waals surface area contributed by atoms with Gasteiger partial charge in [0.1, 0.15) is 5.82 Å². The Labute approximate surface area is 138 Å². The van der Waals surface area contributed by atoms with E-state index in [2.05, 4.69) is 20.9 Å². The second kappa shape index (κ2) is 5.81. The number of nitrogens with two attached hydrogens (primary N) is 1. The van der Waals surface area contributed by atoms with Gasteiger partial charge in [-0.25, -0.2) is 22.1 Å². The minimum Gasteiger partial charge on any atom is -0.369 e. The van der Waals surface area contributed by atoms with Crippen molar-refractivity contribution in [1.82, 2.24) is 4.31 Å². The first-order valence-corrected chi connectivity index (χ1v) is 9.24. The molecule has 5 nitrogen and oxygen atoms in total. The fraction of sp³-hybridized carbons (Fsp3) is 0.500. The van der Waals surface area contributed by atoms with E-state index in [1.54, 1.807) is 13.0 Å². The molecule has 122 valence electrons. The minimum atomic E-state index is -3.61. The summed E-state index contributed by atoms with van der Waals surface area (Å²) in [6.07, 6.45) is 0. The standard InChI is InChI=1S/C14H19BrFN3O2S/c1-9(2)14(3)8-22(20,21)19(13(17)18-14)7-10-4-11(15)6-12(16)5-10/h4-6,9H,7-8H2,1-3H3,(H2,17,18)/t14-/m0/s1. The first-order chi connectivity index (χ1) is 10.0. The summed E-state index contributed by atoms with van der Waals surface area (Å²) in [5.74, 6) is -0.579. The highest BCUT2D eigenvalue weighted by Crippen LogP contribution is 2.30. The Morgan fingerprint density at radius 3 is 2.59 bits per heavy atom. The lowest BCUT2D eigenvalue weighted by Gasteiger charge is -2.38. The van der Waals surface area contributed by atoms with E-state index in [9.17, 15) is 12.8 Å². The summed E-state index contributed by atoms with van der Waals surface area (Å²) < 4.78 is 40.1. The number of halogens is 2. The Kier molecular flexibility index (Phi) is 4.54. The number of nitrogens with zero attached hydrogens (tertiary/aromatic N) is 2. The van der Waals surface area contributed by atoms with Gasteiger partial charge in [-0.2, -0.15) is 0 Å². The van der Waals surface area contributed by atoms with Gasteiger partial charge >= 0.3 is 0 Å². The van der Waals surface area contributed by atoms with Crippen LogP contribution in [0.5, 0.6) is 0 Å². The van der Waals surface area contributed by atoms with Crippen molar-refractivity contribution in [3.05, 3.63) is 34.1 Å². The van der Waals surface area contributed by atoms with Crippen molar-refractivity contribution in [2.45, 2.75) is 32.9 Å². The molecule has 2 rings (SSSR count). The molecule has 0 radical (unpaired) electrons. The van der Waals surface area contributed by atoms with Crippen LogP contribution in [0.4, 0.5) is 4.39 Å². The zero-order valence-electron chi connectivity index (χ0n) is 12.7. The number of aliphatic imine (C=N–C) groups is 1. The van der Waals surface area contributed by atoms with Gasteiger partial charge in [0.05, 0.1) is 17.8 Å². The van der Waals surface area contributed by atoms with Gasteiger partial charge in [-0.3, -0.25) is 0 Å². The largest absolute Gasteiger partial charge is 0.369 e. The van der Waals surface area contributed by atoms with Gasteiger partial charge in [-0.05, 0) is 36.6 Å². The van der Waals surface area contributed by atoms with Crippen LogP contribution in [0.2, 0.25) is 0 Å². The SMILES string of the molecule is CC(C)[C@]1(C)CS(=O)(=O)N(Cc2cc(F)cc(Br)c2)C(N)=N1. The average Bonchev–Trinajstić information content (AvgIpc) is 2.31. The Balaban J connectivity index is 2.39. The average molecular weight is 392 g/mol. The summed E-state index contributed by atoms with van der Waals surface area (Å²) in [6, 6.07) is 4.24. The summed E-state index contributed by atoms with van der Waals surface area (Å²) in [5.41, 5.74) is 5.64. The predicted molar refractivity (Wildman–Crippen MR) is 88.3 cm³/mol. The maximum absolute atomic E-state index is 13.4. The molecule has 1 aromatic rings. The van der Waals surface area contributed by atoms with Crippen molar-refractivity contribution < 1.29 is 12.8 Å². The monoisotopic (exact) mass is 391 g/mol. The highest BCUT2D eigenvalue weighted by atomic mass is 79.9. The van der Waals surface area contributed by atoms with E-state index in [1.165, 1.54) is 12.1 Å². The van der Waals surface area contributed by atoms with Crippen LogP contribution in [-0.4, -0.2) is 30.0 Å². The van der Waals surface area contributed by atoms with Crippen LogP contribution in [0.15, 0.2) is 27.7 Å². The first kappa shape index (κ1) is 17.2. The maximum atomic E-state index is 13.4. The predicted octanol–water partition coefficient (Wildman–Crippen LogP) is 2.46. The molecule has 0 amide bonds. The molecule has 0 aromatic heterocycles. The molecule has 0 saturated heterocycles. The van der Waals surface area contributed by atoms with Gasteiger partial charge in [-0.1, -0.05) is 29.8 Å². The number of rotatable bonds is 3. The third kappa shape index (κ3) is 3.43. The second-order valence-electron chi connectivity index (χ2n) is 6.02. The maximum Gasteiger partial charge on any atom is 0.240 e. The molecule has 0 spiro atoms. The third-order valence-corrected chi connectivity index (χ3v) is 6.32. The Morgan fingerprint density at radius 1 is 1.45 bits per heavy atom. The van der Waals surface area contributed by atoms with Crippen molar-refractivity contribution in [1.29, 1.82) is 0 Å². The molecule has 0 bridgehead atoms. The lowest BCUT2D eigenvalue weighted by molar-refractivity contribution is 0.352. The molecule has 1 aliphatic rings. The summed E-state index contributed by atoms with van der Waals surface area (Å²) in [4.78, 5) is 4.37. The fourth-order valence-electron chi connectivity index (χ4n) is 2.28. The van der Waals surface area contributed by atoms with Gasteiger partial charge < -0.3 is 5.73 Å². The Morgan fingerprint density at radius 2 is 2.09 bits per heavy atom. The van der Waals surface area contributed by atoms with Gasteiger partial charge in [0.2, 0.25) is 16.0 Å². The molecule has 8 heteroatoms. The number of guanidine groups is 1. The molecule has 1 heterocycles. The molecule has 2 N–H and O–H groups in total. The highest BCUT2D eigenvalue weighted by Gasteiger charge is 2.42. The highest BCUT2D eigenvalue weighted by molar-refractivity contribution is 9.10. The van der Waals surface area contributed by atoms with E-state index in [-0.39, 0.29) is 24.2 Å². The molecule has 1 aromatic carbocycles. The molecule has 1 atom stereocenters. The minimum absolute atomic E-state index is 0.0336. The van der Waals surface area contributed by atoms with Crippen LogP contribution in [0.3, 0.4) is 0 Å². The summed E-state index contributed by atoms with van der Waals surface area (Å²) >= 11 is 3.19. The molecule has 0 unspecified atom stereocenters. The van der Waals surface area contributed by atoms with Crippen molar-refractivity contribution in [2.24, 2.45) is 16.6 Å². The van der Waals surface area contributed by atoms with Gasteiger partial charge in [-0.15, -0.1) is 0 Å². The zero-order chi connectivity index (χ0) is 16.7. The van der Waals surface area contributed by atoms with E-state index in [4.69, 9.17) is 5.73 Å². The summed E-state index contributed by atoms with van der Waals surface area (Å²) in [5, 5.41) is 0. The van der Waals surface area contributed by atoms with Gasteiger partial charge in [0, 0.05) is 4.47 Å². The van der Waals surface area contributed by atoms with Crippen LogP contribution in [0, 0.1) is 11.7 Å². The van der Waals surface area contributed by atoms with E-state index < -0.39 is 21.4 Å². The summed E-state index contributed by atoms with van der Waals surface area (Å²) in [6.45, 7) is 5.55. The number of sulfonamides is 1. The number of hydrogen-bond acceptors (Lipinski definition) is 4. The van der Waals surface area contributed by atoms with E-state index in [0.29, 0.717) is 10.0 Å². The number of benzene rings is 1. The van der Waals surface area contributed by atoms with Gasteiger partial charge in [0.25, 0.3) is 0 Å². The Hall–Kier alpha value is -1.15. The van der Waals surface area contributed by atoms with Gasteiger partial charge in [0.15, 0.2) is 0 Å². The fourth-order valence-corrected chi connectivity index (χ4v) is 4.76. The van der Waals surface area contributed by atoms with E-state index in [1.807, 2.05) is 13.8 Å². The van der Waals surface area contributed by atoms with E-state index >= 15 is 0 Å². The van der Waals surface area contributed by atoms with Crippen LogP contribution >= 0.6 is 15.9 Å². The zero-order valence-corrected chi connectivity index (χ0v) is 15.1. The quantitative estimate of drug-likeness (QED) is 0.859. The molecule has 1 aliphatic heterocycles. The van der Waals surface area contributed by atoms with E-state index in [0.717, 1.165) is 4.31 Å². The smallest absolute Gasteiger partial charge is 0.240 e. The Bertz CT molecular complexity index is 701. The van der Waals surface area contributed by atoms with Crippen LogP contribution < -0.4 is 5.73 Å². The number of hydrogen-bond donors (Lipinski definition) is 1. The topological polar surface area (TPSA) is 75.8 Å². The third-order valence-electron chi connectivity index (χ3n) is 3.93. The van der Waals surface area contributed by atoms with Crippen molar-refractivity contribution in [3.63, 3.8) is 0 Å². The first-order valence-electron chi connectivity index (χ1n) is 6.84. The molecular formula is C14H19BrFN3O2S. The lowest BCUT2D eigenvalue weighted by Crippen LogP contribution is -2.54.